The molecule has 0 bridgehead atoms. The Morgan fingerprint density at radius 1 is 1.37 bits per heavy atom. The molecule has 1 aliphatic carbocycles. The largest absolute Gasteiger partial charge is 0.488 e. The van der Waals surface area contributed by atoms with Crippen molar-refractivity contribution in [3.8, 4) is 5.75 Å². The van der Waals surface area contributed by atoms with Crippen molar-refractivity contribution in [2.24, 2.45) is 11.7 Å². The third-order valence-electron chi connectivity index (χ3n) is 4.65. The van der Waals surface area contributed by atoms with Gasteiger partial charge in [-0.1, -0.05) is 0 Å². The fourth-order valence-electron chi connectivity index (χ4n) is 3.51. The fraction of sp³-hybridized carbons (Fsp3) is 0.600. The van der Waals surface area contributed by atoms with Gasteiger partial charge in [0.25, 0.3) is 0 Å². The summed E-state index contributed by atoms with van der Waals surface area (Å²) in [5.41, 5.74) is 7.40. The maximum atomic E-state index is 13.1. The lowest BCUT2D eigenvalue weighted by Gasteiger charge is -2.49. The number of hydrogen-bond acceptors (Lipinski definition) is 3. The van der Waals surface area contributed by atoms with Crippen molar-refractivity contribution < 1.29 is 9.13 Å². The van der Waals surface area contributed by atoms with Gasteiger partial charge in [-0.25, -0.2) is 4.39 Å². The van der Waals surface area contributed by atoms with Gasteiger partial charge in [0, 0.05) is 37.2 Å². The van der Waals surface area contributed by atoms with Crippen LogP contribution < -0.4 is 10.5 Å². The van der Waals surface area contributed by atoms with E-state index in [1.165, 1.54) is 18.9 Å². The van der Waals surface area contributed by atoms with Gasteiger partial charge in [-0.3, -0.25) is 4.90 Å². The maximum Gasteiger partial charge on any atom is 0.123 e. The first-order valence-electron chi connectivity index (χ1n) is 7.09. The van der Waals surface area contributed by atoms with Crippen molar-refractivity contribution in [1.29, 1.82) is 0 Å². The highest BCUT2D eigenvalue weighted by Gasteiger charge is 2.50. The fourth-order valence-corrected chi connectivity index (χ4v) is 3.51. The minimum Gasteiger partial charge on any atom is -0.488 e. The summed E-state index contributed by atoms with van der Waals surface area (Å²) in [5.74, 6) is 1.41. The molecule has 1 unspecified atom stereocenters. The predicted molar refractivity (Wildman–Crippen MR) is 70.6 cm³/mol. The molecule has 1 aromatic rings. The highest BCUT2D eigenvalue weighted by Crippen LogP contribution is 2.43. The molecule has 1 atom stereocenters. The number of hydrogen-bond donors (Lipinski definition) is 1. The van der Waals surface area contributed by atoms with Crippen LogP contribution in [-0.2, 0) is 6.42 Å². The van der Waals surface area contributed by atoms with E-state index in [9.17, 15) is 4.39 Å². The molecule has 2 aliphatic heterocycles. The van der Waals surface area contributed by atoms with Crippen molar-refractivity contribution in [2.75, 3.05) is 19.6 Å². The molecule has 3 nitrogen and oxygen atoms in total. The van der Waals surface area contributed by atoms with Gasteiger partial charge in [-0.2, -0.15) is 0 Å². The first-order valence-corrected chi connectivity index (χ1v) is 7.09. The standard InChI is InChI=1S/C15H19FN2O/c16-12-3-4-14-10(5-12)6-13(19-14)7-18-8-15(17,9-18)11-1-2-11/h3-5,11,13H,1-2,6-9,17H2. The lowest BCUT2D eigenvalue weighted by Crippen LogP contribution is -2.69. The van der Waals surface area contributed by atoms with Gasteiger partial charge in [0.15, 0.2) is 0 Å². The molecular weight excluding hydrogens is 243 g/mol. The molecular formula is C15H19FN2O. The summed E-state index contributed by atoms with van der Waals surface area (Å²) in [6, 6.07) is 4.78. The average Bonchev–Trinajstić information content (AvgIpc) is 3.09. The number of fused-ring (bicyclic) bond motifs is 1. The molecule has 102 valence electrons. The van der Waals surface area contributed by atoms with Gasteiger partial charge < -0.3 is 10.5 Å². The van der Waals surface area contributed by atoms with Crippen LogP contribution in [0.4, 0.5) is 4.39 Å². The SMILES string of the molecule is NC1(C2CC2)CN(CC2Cc3cc(F)ccc3O2)C1. The maximum absolute atomic E-state index is 13.1. The monoisotopic (exact) mass is 262 g/mol. The molecule has 2 heterocycles. The van der Waals surface area contributed by atoms with Gasteiger partial charge in [-0.05, 0) is 37.0 Å². The van der Waals surface area contributed by atoms with Crippen molar-refractivity contribution in [2.45, 2.75) is 30.9 Å². The molecule has 3 aliphatic rings. The minimum absolute atomic E-state index is 0.0670. The van der Waals surface area contributed by atoms with E-state index in [4.69, 9.17) is 10.5 Å². The predicted octanol–water partition coefficient (Wildman–Crippen LogP) is 1.55. The Kier molecular flexibility index (Phi) is 2.42. The van der Waals surface area contributed by atoms with E-state index >= 15 is 0 Å². The van der Waals surface area contributed by atoms with E-state index in [1.54, 1.807) is 12.1 Å². The third-order valence-corrected chi connectivity index (χ3v) is 4.65. The topological polar surface area (TPSA) is 38.5 Å². The summed E-state index contributed by atoms with van der Waals surface area (Å²) in [5, 5.41) is 0. The van der Waals surface area contributed by atoms with Crippen LogP contribution in [0.15, 0.2) is 18.2 Å². The molecule has 0 spiro atoms. The zero-order chi connectivity index (χ0) is 13.0. The second kappa shape index (κ2) is 3.93. The van der Waals surface area contributed by atoms with Crippen LogP contribution in [0.5, 0.6) is 5.75 Å². The minimum atomic E-state index is -0.179. The Labute approximate surface area is 112 Å². The molecule has 0 radical (unpaired) electrons. The van der Waals surface area contributed by atoms with Crippen molar-refractivity contribution in [3.63, 3.8) is 0 Å². The Morgan fingerprint density at radius 2 is 2.16 bits per heavy atom. The molecule has 19 heavy (non-hydrogen) atoms. The molecule has 2 N–H and O–H groups in total. The van der Waals surface area contributed by atoms with Gasteiger partial charge in [0.2, 0.25) is 0 Å². The van der Waals surface area contributed by atoms with Crippen LogP contribution in [0.2, 0.25) is 0 Å². The van der Waals surface area contributed by atoms with Gasteiger partial charge in [-0.15, -0.1) is 0 Å². The van der Waals surface area contributed by atoms with Crippen molar-refractivity contribution >= 4 is 0 Å². The van der Waals surface area contributed by atoms with E-state index in [2.05, 4.69) is 4.90 Å². The molecule has 4 heteroatoms. The van der Waals surface area contributed by atoms with E-state index in [-0.39, 0.29) is 17.5 Å². The van der Waals surface area contributed by atoms with Gasteiger partial charge in [0.1, 0.15) is 17.7 Å². The van der Waals surface area contributed by atoms with Crippen molar-refractivity contribution in [3.05, 3.63) is 29.6 Å². The Bertz CT molecular complexity index is 509. The summed E-state index contributed by atoms with van der Waals surface area (Å²) >= 11 is 0. The van der Waals surface area contributed by atoms with E-state index in [0.29, 0.717) is 0 Å². The summed E-state index contributed by atoms with van der Waals surface area (Å²) in [7, 11) is 0. The van der Waals surface area contributed by atoms with Gasteiger partial charge >= 0.3 is 0 Å². The molecule has 1 aromatic carbocycles. The highest BCUT2D eigenvalue weighted by molar-refractivity contribution is 5.38. The zero-order valence-corrected chi connectivity index (χ0v) is 10.9. The molecule has 2 fully saturated rings. The number of rotatable bonds is 3. The lowest BCUT2D eigenvalue weighted by atomic mass is 9.85. The number of benzene rings is 1. The molecule has 4 rings (SSSR count). The molecule has 0 aromatic heterocycles. The molecule has 0 amide bonds. The van der Waals surface area contributed by atoms with Crippen LogP contribution in [0.3, 0.4) is 0 Å². The summed E-state index contributed by atoms with van der Waals surface area (Å²) in [4.78, 5) is 2.37. The number of likely N-dealkylation sites (tertiary alicyclic amines) is 1. The van der Waals surface area contributed by atoms with Crippen LogP contribution in [0, 0.1) is 11.7 Å². The zero-order valence-electron chi connectivity index (χ0n) is 10.9. The number of ether oxygens (including phenoxy) is 1. The summed E-state index contributed by atoms with van der Waals surface area (Å²) < 4.78 is 19.0. The first kappa shape index (κ1) is 11.7. The number of nitrogens with zero attached hydrogens (tertiary/aromatic N) is 1. The second-order valence-electron chi connectivity index (χ2n) is 6.37. The van der Waals surface area contributed by atoms with E-state index < -0.39 is 0 Å². The average molecular weight is 262 g/mol. The quantitative estimate of drug-likeness (QED) is 0.898. The second-order valence-corrected chi connectivity index (χ2v) is 6.37. The van der Waals surface area contributed by atoms with Gasteiger partial charge in [0.05, 0.1) is 0 Å². The number of halogens is 1. The van der Waals surface area contributed by atoms with Crippen LogP contribution >= 0.6 is 0 Å². The Hall–Kier alpha value is -1.13. The molecule has 1 saturated heterocycles. The molecule has 1 saturated carbocycles. The van der Waals surface area contributed by atoms with Crippen molar-refractivity contribution in [1.82, 2.24) is 4.90 Å². The summed E-state index contributed by atoms with van der Waals surface area (Å²) in [6.45, 7) is 2.88. The van der Waals surface area contributed by atoms with E-state index in [1.807, 2.05) is 0 Å². The Balaban J connectivity index is 1.34. The summed E-state index contributed by atoms with van der Waals surface area (Å²) in [6.07, 6.45) is 3.56. The smallest absolute Gasteiger partial charge is 0.123 e. The lowest BCUT2D eigenvalue weighted by molar-refractivity contribution is 0.0252. The third kappa shape index (κ3) is 2.03. The normalized spacial score (nSPS) is 28.6. The van der Waals surface area contributed by atoms with Crippen LogP contribution in [-0.4, -0.2) is 36.2 Å². The first-order chi connectivity index (χ1) is 9.12. The van der Waals surface area contributed by atoms with E-state index in [0.717, 1.165) is 43.3 Å². The van der Waals surface area contributed by atoms with Crippen LogP contribution in [0.1, 0.15) is 18.4 Å². The number of nitrogens with two attached hydrogens (primary N) is 1. The highest BCUT2D eigenvalue weighted by atomic mass is 19.1. The Morgan fingerprint density at radius 3 is 2.89 bits per heavy atom. The van der Waals surface area contributed by atoms with Crippen LogP contribution in [0.25, 0.3) is 0 Å².